The number of ether oxygens (including phenoxy) is 1. The number of rotatable bonds is 5. The highest BCUT2D eigenvalue weighted by atomic mass is 16.5. The van der Waals surface area contributed by atoms with Crippen molar-refractivity contribution in [2.24, 2.45) is 0 Å². The van der Waals surface area contributed by atoms with E-state index in [9.17, 15) is 0 Å². The van der Waals surface area contributed by atoms with E-state index in [2.05, 4.69) is 40.5 Å². The van der Waals surface area contributed by atoms with E-state index < -0.39 is 0 Å². The molecule has 2 heterocycles. The largest absolute Gasteiger partial charge is 0.377 e. The van der Waals surface area contributed by atoms with Crippen molar-refractivity contribution in [1.29, 1.82) is 0 Å². The van der Waals surface area contributed by atoms with Crippen molar-refractivity contribution in [3.63, 3.8) is 0 Å². The molecule has 2 aliphatic heterocycles. The van der Waals surface area contributed by atoms with Gasteiger partial charge in [-0.1, -0.05) is 30.3 Å². The first kappa shape index (κ1) is 14.1. The number of likely N-dealkylation sites (tertiary alicyclic amines) is 1. The molecule has 1 N–H and O–H groups in total. The monoisotopic (exact) mass is 274 g/mol. The molecule has 2 atom stereocenters. The van der Waals surface area contributed by atoms with Crippen LogP contribution in [0.2, 0.25) is 0 Å². The zero-order valence-corrected chi connectivity index (χ0v) is 12.3. The van der Waals surface area contributed by atoms with Gasteiger partial charge < -0.3 is 10.1 Å². The second-order valence-corrected chi connectivity index (χ2v) is 6.10. The van der Waals surface area contributed by atoms with Gasteiger partial charge in [0.15, 0.2) is 0 Å². The lowest BCUT2D eigenvalue weighted by atomic mass is 10.0. The fourth-order valence-corrected chi connectivity index (χ4v) is 3.31. The summed E-state index contributed by atoms with van der Waals surface area (Å²) in [5.74, 6) is 0. The summed E-state index contributed by atoms with van der Waals surface area (Å²) in [5.41, 5.74) is 1.42. The minimum Gasteiger partial charge on any atom is -0.377 e. The Labute approximate surface area is 122 Å². The Kier molecular flexibility index (Phi) is 5.06. The molecule has 0 saturated carbocycles. The average Bonchev–Trinajstić information content (AvgIpc) is 3.00. The van der Waals surface area contributed by atoms with Gasteiger partial charge in [-0.05, 0) is 37.8 Å². The fourth-order valence-electron chi connectivity index (χ4n) is 3.31. The van der Waals surface area contributed by atoms with Gasteiger partial charge in [0.1, 0.15) is 0 Å². The maximum atomic E-state index is 5.69. The van der Waals surface area contributed by atoms with Gasteiger partial charge >= 0.3 is 0 Å². The van der Waals surface area contributed by atoms with Gasteiger partial charge in [0.05, 0.1) is 6.10 Å². The lowest BCUT2D eigenvalue weighted by molar-refractivity contribution is 0.100. The molecule has 2 aliphatic rings. The molecule has 0 amide bonds. The molecule has 0 aromatic heterocycles. The van der Waals surface area contributed by atoms with Crippen LogP contribution in [0.1, 0.15) is 31.2 Å². The molecule has 3 heteroatoms. The average molecular weight is 274 g/mol. The lowest BCUT2D eigenvalue weighted by Gasteiger charge is -2.33. The molecule has 1 aromatic carbocycles. The molecule has 2 unspecified atom stereocenters. The van der Waals surface area contributed by atoms with E-state index in [4.69, 9.17) is 4.74 Å². The molecule has 2 saturated heterocycles. The topological polar surface area (TPSA) is 24.5 Å². The molecule has 20 heavy (non-hydrogen) atoms. The molecule has 0 bridgehead atoms. The predicted molar refractivity (Wildman–Crippen MR) is 81.7 cm³/mol. The van der Waals surface area contributed by atoms with Gasteiger partial charge in [0, 0.05) is 32.3 Å². The SMILES string of the molecule is c1ccc(CN2CCCC(NCC3CCCO3)C2)cc1. The maximum absolute atomic E-state index is 5.69. The summed E-state index contributed by atoms with van der Waals surface area (Å²) in [6.45, 7) is 5.47. The van der Waals surface area contributed by atoms with E-state index in [1.807, 2.05) is 0 Å². The van der Waals surface area contributed by atoms with Crippen molar-refractivity contribution in [2.45, 2.75) is 44.4 Å². The number of hydrogen-bond donors (Lipinski definition) is 1. The van der Waals surface area contributed by atoms with Crippen LogP contribution in [0.4, 0.5) is 0 Å². The quantitative estimate of drug-likeness (QED) is 0.892. The Balaban J connectivity index is 1.44. The number of benzene rings is 1. The molecular weight excluding hydrogens is 248 g/mol. The first-order valence-corrected chi connectivity index (χ1v) is 8.01. The van der Waals surface area contributed by atoms with E-state index in [0.717, 1.165) is 19.7 Å². The molecule has 110 valence electrons. The minimum absolute atomic E-state index is 0.458. The third kappa shape index (κ3) is 4.05. The summed E-state index contributed by atoms with van der Waals surface area (Å²) in [5, 5.41) is 3.71. The van der Waals surface area contributed by atoms with Crippen LogP contribution in [-0.2, 0) is 11.3 Å². The number of nitrogens with zero attached hydrogens (tertiary/aromatic N) is 1. The molecule has 1 aromatic rings. The van der Waals surface area contributed by atoms with Gasteiger partial charge in [0.2, 0.25) is 0 Å². The zero-order valence-electron chi connectivity index (χ0n) is 12.3. The first-order chi connectivity index (χ1) is 9.90. The summed E-state index contributed by atoms with van der Waals surface area (Å²) >= 11 is 0. The normalized spacial score (nSPS) is 27.8. The highest BCUT2D eigenvalue weighted by Crippen LogP contribution is 2.15. The van der Waals surface area contributed by atoms with Crippen LogP contribution < -0.4 is 5.32 Å². The van der Waals surface area contributed by atoms with Crippen molar-refractivity contribution >= 4 is 0 Å². The van der Waals surface area contributed by atoms with E-state index in [1.165, 1.54) is 44.3 Å². The Bertz CT molecular complexity index is 389. The van der Waals surface area contributed by atoms with Gasteiger partial charge in [0.25, 0.3) is 0 Å². The summed E-state index contributed by atoms with van der Waals surface area (Å²) < 4.78 is 5.69. The van der Waals surface area contributed by atoms with Crippen molar-refractivity contribution in [3.8, 4) is 0 Å². The molecule has 0 radical (unpaired) electrons. The Morgan fingerprint density at radius 2 is 2.05 bits per heavy atom. The van der Waals surface area contributed by atoms with Gasteiger partial charge in [-0.3, -0.25) is 4.90 Å². The Morgan fingerprint density at radius 1 is 1.15 bits per heavy atom. The predicted octanol–water partition coefficient (Wildman–Crippen LogP) is 2.42. The zero-order chi connectivity index (χ0) is 13.6. The van der Waals surface area contributed by atoms with Gasteiger partial charge in [-0.2, -0.15) is 0 Å². The highest BCUT2D eigenvalue weighted by molar-refractivity contribution is 5.14. The van der Waals surface area contributed by atoms with Crippen LogP contribution in [0, 0.1) is 0 Å². The van der Waals surface area contributed by atoms with Gasteiger partial charge in [-0.15, -0.1) is 0 Å². The van der Waals surface area contributed by atoms with E-state index >= 15 is 0 Å². The van der Waals surface area contributed by atoms with E-state index in [-0.39, 0.29) is 0 Å². The molecule has 0 spiro atoms. The number of nitrogens with one attached hydrogen (secondary N) is 1. The molecule has 3 nitrogen and oxygen atoms in total. The molecule has 3 rings (SSSR count). The van der Waals surface area contributed by atoms with E-state index in [1.54, 1.807) is 0 Å². The van der Waals surface area contributed by atoms with Crippen LogP contribution >= 0.6 is 0 Å². The highest BCUT2D eigenvalue weighted by Gasteiger charge is 2.22. The summed E-state index contributed by atoms with van der Waals surface area (Å²) in [6, 6.07) is 11.4. The second-order valence-electron chi connectivity index (χ2n) is 6.10. The van der Waals surface area contributed by atoms with Crippen LogP contribution in [0.3, 0.4) is 0 Å². The van der Waals surface area contributed by atoms with Crippen LogP contribution in [0.5, 0.6) is 0 Å². The third-order valence-corrected chi connectivity index (χ3v) is 4.41. The Hall–Kier alpha value is -0.900. The van der Waals surface area contributed by atoms with E-state index in [0.29, 0.717) is 12.1 Å². The second kappa shape index (κ2) is 7.21. The number of piperidine rings is 1. The summed E-state index contributed by atoms with van der Waals surface area (Å²) in [7, 11) is 0. The summed E-state index contributed by atoms with van der Waals surface area (Å²) in [4.78, 5) is 2.58. The summed E-state index contributed by atoms with van der Waals surface area (Å²) in [6.07, 6.45) is 5.53. The van der Waals surface area contributed by atoms with Crippen LogP contribution in [0.15, 0.2) is 30.3 Å². The van der Waals surface area contributed by atoms with Crippen LogP contribution in [-0.4, -0.2) is 43.3 Å². The Morgan fingerprint density at radius 3 is 2.85 bits per heavy atom. The van der Waals surface area contributed by atoms with Crippen LogP contribution in [0.25, 0.3) is 0 Å². The first-order valence-electron chi connectivity index (χ1n) is 8.01. The molecular formula is C17H26N2O. The minimum atomic E-state index is 0.458. The van der Waals surface area contributed by atoms with Crippen molar-refractivity contribution in [2.75, 3.05) is 26.2 Å². The molecule has 2 fully saturated rings. The van der Waals surface area contributed by atoms with Crippen molar-refractivity contribution in [3.05, 3.63) is 35.9 Å². The number of hydrogen-bond acceptors (Lipinski definition) is 3. The van der Waals surface area contributed by atoms with Crippen molar-refractivity contribution in [1.82, 2.24) is 10.2 Å². The fraction of sp³-hybridized carbons (Fsp3) is 0.647. The molecule has 0 aliphatic carbocycles. The lowest BCUT2D eigenvalue weighted by Crippen LogP contribution is -2.47. The van der Waals surface area contributed by atoms with Crippen molar-refractivity contribution < 1.29 is 4.74 Å². The standard InChI is InChI=1S/C17H26N2O/c1-2-6-15(7-3-1)13-19-10-4-8-16(14-19)18-12-17-9-5-11-20-17/h1-3,6-7,16-18H,4-5,8-14H2. The maximum Gasteiger partial charge on any atom is 0.0700 e. The van der Waals surface area contributed by atoms with Gasteiger partial charge in [-0.25, -0.2) is 0 Å². The third-order valence-electron chi connectivity index (χ3n) is 4.41. The smallest absolute Gasteiger partial charge is 0.0700 e.